The van der Waals surface area contributed by atoms with Crippen molar-refractivity contribution in [3.8, 4) is 23.0 Å². The smallest absolute Gasteiger partial charge is 0.773 e. The van der Waals surface area contributed by atoms with E-state index in [0.29, 0.717) is 17.6 Å². The van der Waals surface area contributed by atoms with E-state index in [-0.39, 0.29) is 38.5 Å². The molecule has 1 aromatic heterocycles. The zero-order chi connectivity index (χ0) is 37.1. The number of methoxy groups -OCH3 is 4. The van der Waals surface area contributed by atoms with E-state index in [4.69, 9.17) is 39.3 Å². The molecule has 0 amide bonds. The number of hydrogen-bond donors (Lipinski definition) is 2. The summed E-state index contributed by atoms with van der Waals surface area (Å²) in [6.07, 6.45) is 3.92. The van der Waals surface area contributed by atoms with Gasteiger partial charge >= 0.3 is 31.1 Å². The molecule has 0 aliphatic carbocycles. The number of nitrogens with zero attached hydrogens (tertiary/aromatic N) is 2. The molecule has 52 heavy (non-hydrogen) atoms. The second kappa shape index (κ2) is 26.6. The van der Waals surface area contributed by atoms with Crippen molar-refractivity contribution >= 4 is 28.5 Å². The molecule has 0 aliphatic rings. The second-order valence-corrected chi connectivity index (χ2v) is 12.3. The zero-order valence-electron chi connectivity index (χ0n) is 31.9. The predicted molar refractivity (Wildman–Crippen MR) is 208 cm³/mol. The van der Waals surface area contributed by atoms with Crippen molar-refractivity contribution in [3.05, 3.63) is 119 Å². The first-order valence-electron chi connectivity index (χ1n) is 16.0. The molecule has 2 N–H and O–H groups in total. The number of benzene rings is 3. The number of aliphatic imine (C=N–C) groups is 1. The minimum absolute atomic E-state index is 0. The van der Waals surface area contributed by atoms with E-state index >= 15 is 0 Å². The maximum Gasteiger partial charge on any atom is 2.00 e. The second-order valence-electron chi connectivity index (χ2n) is 11.1. The van der Waals surface area contributed by atoms with Gasteiger partial charge in [0.25, 0.3) is 0 Å². The van der Waals surface area contributed by atoms with Gasteiger partial charge in [-0.3, -0.25) is 9.20 Å². The fourth-order valence-electron chi connectivity index (χ4n) is 4.75. The van der Waals surface area contributed by atoms with E-state index in [1.807, 2.05) is 49.4 Å². The van der Waals surface area contributed by atoms with Crippen LogP contribution in [0.1, 0.15) is 59.6 Å². The molecule has 0 aliphatic heterocycles. The number of nitrogens with one attached hydrogen (secondary N) is 2. The summed E-state index contributed by atoms with van der Waals surface area (Å²) in [5.41, 5.74) is 6.57. The minimum atomic E-state index is -1.86. The van der Waals surface area contributed by atoms with Crippen molar-refractivity contribution in [2.24, 2.45) is 4.99 Å². The Morgan fingerprint density at radius 3 is 2.15 bits per heavy atom. The number of pyridine rings is 1. The molecule has 1 heterocycles. The Hall–Kier alpha value is -3.11. The molecule has 0 fully saturated rings. The third-order valence-electron chi connectivity index (χ3n) is 7.67. The number of halogens is 1. The first-order valence-corrected chi connectivity index (χ1v) is 17.8. The monoisotopic (exact) mass is 977 g/mol. The molecule has 13 heteroatoms. The van der Waals surface area contributed by atoms with Gasteiger partial charge in [-0.2, -0.15) is 12.1 Å². The summed E-state index contributed by atoms with van der Waals surface area (Å²) in [6.45, 7) is 8.56. The first-order chi connectivity index (χ1) is 24.0. The largest absolute Gasteiger partial charge is 2.00 e. The Morgan fingerprint density at radius 2 is 1.62 bits per heavy atom. The SMILES string of the molecule is CCC(C)c1ccc(CNCc2[c-]cc(OC)cc2)cc1OC.CN=C(NCc1ccc(OC)cc1OC)c1cnc(Cl)cc1C.CS(=O)[O-].[CH3-].[U+2]. The average Bonchev–Trinajstić information content (AvgIpc) is 3.12. The van der Waals surface area contributed by atoms with Crippen molar-refractivity contribution in [2.75, 3.05) is 41.7 Å². The molecule has 4 aromatic rings. The van der Waals surface area contributed by atoms with Crippen LogP contribution in [0.15, 0.2) is 71.9 Å². The Morgan fingerprint density at radius 1 is 0.962 bits per heavy atom. The fourth-order valence-corrected chi connectivity index (χ4v) is 4.97. The number of ether oxygens (including phenoxy) is 4. The van der Waals surface area contributed by atoms with E-state index in [1.54, 1.807) is 41.7 Å². The Bertz CT molecular complexity index is 1670. The van der Waals surface area contributed by atoms with Crippen LogP contribution in [0.5, 0.6) is 23.0 Å². The van der Waals surface area contributed by atoms with Gasteiger partial charge in [-0.1, -0.05) is 48.7 Å². The number of aryl methyl sites for hydroxylation is 1. The van der Waals surface area contributed by atoms with Crippen LogP contribution in [0.3, 0.4) is 0 Å². The normalized spacial score (nSPS) is 11.5. The van der Waals surface area contributed by atoms with Crippen LogP contribution >= 0.6 is 11.6 Å². The number of aromatic nitrogens is 1. The Labute approximate surface area is 342 Å². The van der Waals surface area contributed by atoms with Gasteiger partial charge in [0, 0.05) is 49.3 Å². The zero-order valence-corrected chi connectivity index (χ0v) is 37.6. The van der Waals surface area contributed by atoms with E-state index < -0.39 is 11.1 Å². The van der Waals surface area contributed by atoms with Crippen LogP contribution in [0.25, 0.3) is 0 Å². The maximum absolute atomic E-state index is 9.00. The van der Waals surface area contributed by atoms with E-state index in [9.17, 15) is 0 Å². The van der Waals surface area contributed by atoms with Crippen LogP contribution in [0, 0.1) is 51.5 Å². The van der Waals surface area contributed by atoms with Crippen molar-refractivity contribution in [2.45, 2.75) is 52.7 Å². The molecule has 0 radical (unpaired) electrons. The van der Waals surface area contributed by atoms with Crippen LogP contribution in [-0.2, 0) is 30.7 Å². The summed E-state index contributed by atoms with van der Waals surface area (Å²) in [5.74, 6) is 4.60. The summed E-state index contributed by atoms with van der Waals surface area (Å²) in [4.78, 5) is 8.43. The topological polar surface area (TPSA) is 126 Å². The van der Waals surface area contributed by atoms with Gasteiger partial charge in [-0.25, -0.2) is 4.98 Å². The number of hydrogen-bond acceptors (Lipinski definition) is 9. The van der Waals surface area contributed by atoms with E-state index in [0.717, 1.165) is 76.9 Å². The molecule has 282 valence electrons. The predicted octanol–water partition coefficient (Wildman–Crippen LogP) is 7.48. The summed E-state index contributed by atoms with van der Waals surface area (Å²) in [6, 6.07) is 23.1. The molecule has 3 aromatic carbocycles. The number of rotatable bonds is 13. The summed E-state index contributed by atoms with van der Waals surface area (Å²) < 4.78 is 39.3. The summed E-state index contributed by atoms with van der Waals surface area (Å²) in [7, 11) is 8.41. The van der Waals surface area contributed by atoms with Crippen LogP contribution < -0.4 is 29.6 Å². The summed E-state index contributed by atoms with van der Waals surface area (Å²) >= 11 is 4.05. The maximum atomic E-state index is 9.00. The van der Waals surface area contributed by atoms with Gasteiger partial charge in [-0.05, 0) is 73.0 Å². The molecule has 10 nitrogen and oxygen atoms in total. The standard InChI is InChI=1S/C20H26NO2.C17H20ClN3O2.CH4O2S.CH3.U/c1-5-15(2)19-11-8-17(12-20(19)23-4)14-21-13-16-6-9-18(22-3)10-7-16;1-11-7-16(18)20-10-14(11)17(19-2)21-9-12-5-6-13(22-3)8-15(12)23-4;1-4(2)3;;/h6,8-12,15,21H,5,13-14H2,1-4H3;5-8,10H,9H2,1-4H3,(H,19,21);1H3,(H,2,3);1H3;/q-1;;;-1;+2/p-1. The van der Waals surface area contributed by atoms with Gasteiger partial charge in [0.05, 0.1) is 28.4 Å². The van der Waals surface area contributed by atoms with Gasteiger partial charge in [0.1, 0.15) is 28.2 Å². The molecule has 2 atom stereocenters. The van der Waals surface area contributed by atoms with E-state index in [1.165, 1.54) is 11.1 Å². The molecule has 0 saturated carbocycles. The van der Waals surface area contributed by atoms with Gasteiger partial charge in [0.2, 0.25) is 0 Å². The van der Waals surface area contributed by atoms with Crippen LogP contribution in [0.4, 0.5) is 0 Å². The molecular formula is C39H52ClN4O6SU-. The third kappa shape index (κ3) is 16.7. The Kier molecular flexibility index (Phi) is 25.0. The quantitative estimate of drug-likeness (QED) is 0.0462. The number of amidine groups is 1. The van der Waals surface area contributed by atoms with E-state index in [2.05, 4.69) is 58.7 Å². The molecule has 2 unspecified atom stereocenters. The first kappa shape index (κ1) is 48.9. The van der Waals surface area contributed by atoms with Gasteiger partial charge in [-0.15, -0.1) is 17.7 Å². The van der Waals surface area contributed by atoms with Gasteiger partial charge in [0.15, 0.2) is 0 Å². The van der Waals surface area contributed by atoms with Crippen molar-refractivity contribution in [1.29, 1.82) is 0 Å². The van der Waals surface area contributed by atoms with Crippen molar-refractivity contribution in [3.63, 3.8) is 0 Å². The molecule has 0 bridgehead atoms. The van der Waals surface area contributed by atoms with Crippen LogP contribution in [-0.4, -0.2) is 61.3 Å². The van der Waals surface area contributed by atoms with Gasteiger partial charge < -0.3 is 41.6 Å². The molecule has 4 rings (SSSR count). The molecular weight excluding hydrogens is 926 g/mol. The fraction of sp³-hybridized carbons (Fsp3) is 0.359. The van der Waals surface area contributed by atoms with Crippen LogP contribution in [0.2, 0.25) is 5.15 Å². The van der Waals surface area contributed by atoms with Crippen molar-refractivity contribution < 1.29 is 58.8 Å². The molecule has 0 saturated heterocycles. The summed E-state index contributed by atoms with van der Waals surface area (Å²) in [5, 5.41) is 7.23. The Balaban J connectivity index is 0.000000876. The minimum Gasteiger partial charge on any atom is -0.773 e. The van der Waals surface area contributed by atoms with Crippen molar-refractivity contribution in [1.82, 2.24) is 15.6 Å². The average molecular weight is 978 g/mol. The molecule has 0 spiro atoms. The third-order valence-corrected chi connectivity index (χ3v) is 7.87.